The average molecular weight is 395 g/mol. The Balaban J connectivity index is 1.49. The molecule has 5 nitrogen and oxygen atoms in total. The number of hydrogen-bond donors (Lipinski definition) is 0. The highest BCUT2D eigenvalue weighted by Crippen LogP contribution is 2.21. The van der Waals surface area contributed by atoms with Crippen LogP contribution >= 0.6 is 11.6 Å². The van der Waals surface area contributed by atoms with E-state index in [9.17, 15) is 4.79 Å². The summed E-state index contributed by atoms with van der Waals surface area (Å²) in [6.07, 6.45) is 1.92. The molecule has 0 radical (unpaired) electrons. The lowest BCUT2D eigenvalue weighted by Gasteiger charge is -2.24. The molecule has 6 heteroatoms. The molecule has 1 aliphatic rings. The van der Waals surface area contributed by atoms with Crippen molar-refractivity contribution in [1.29, 1.82) is 0 Å². The maximum absolute atomic E-state index is 12.9. The van der Waals surface area contributed by atoms with Crippen LogP contribution < -0.4 is 0 Å². The predicted octanol–water partition coefficient (Wildman–Crippen LogP) is 4.77. The molecule has 0 saturated heterocycles. The third kappa shape index (κ3) is 4.26. The van der Waals surface area contributed by atoms with E-state index in [1.54, 1.807) is 17.0 Å². The van der Waals surface area contributed by atoms with Gasteiger partial charge in [-0.1, -0.05) is 59.2 Å². The van der Waals surface area contributed by atoms with E-state index in [0.29, 0.717) is 30.3 Å². The smallest absolute Gasteiger partial charge is 0.289 e. The number of furan rings is 1. The van der Waals surface area contributed by atoms with Crippen molar-refractivity contribution in [2.24, 2.45) is 5.16 Å². The number of carbonyl (C=O) groups excluding carboxylic acids is 1. The summed E-state index contributed by atoms with van der Waals surface area (Å²) < 4.78 is 5.31. The molecule has 0 unspecified atom stereocenters. The fourth-order valence-electron chi connectivity index (χ4n) is 3.20. The van der Waals surface area contributed by atoms with Crippen molar-refractivity contribution in [3.63, 3.8) is 0 Å². The summed E-state index contributed by atoms with van der Waals surface area (Å²) in [6.45, 7) is 0.798. The van der Waals surface area contributed by atoms with Gasteiger partial charge in [0.05, 0.1) is 18.5 Å². The molecule has 0 saturated carbocycles. The molecule has 2 heterocycles. The number of amides is 1. The van der Waals surface area contributed by atoms with Gasteiger partial charge in [-0.15, -0.1) is 0 Å². The topological polar surface area (TPSA) is 55.0 Å². The fraction of sp³-hybridized carbons (Fsp3) is 0.182. The molecule has 2 aromatic carbocycles. The van der Waals surface area contributed by atoms with E-state index in [4.69, 9.17) is 20.9 Å². The van der Waals surface area contributed by atoms with Gasteiger partial charge in [0.2, 0.25) is 0 Å². The van der Waals surface area contributed by atoms with Gasteiger partial charge in [0.25, 0.3) is 5.91 Å². The van der Waals surface area contributed by atoms with Gasteiger partial charge in [-0.3, -0.25) is 4.79 Å². The maximum atomic E-state index is 12.9. The Labute approximate surface area is 168 Å². The summed E-state index contributed by atoms with van der Waals surface area (Å²) in [5.74, 6) is 0.103. The summed E-state index contributed by atoms with van der Waals surface area (Å²) in [7, 11) is 0. The molecule has 142 valence electrons. The summed E-state index contributed by atoms with van der Waals surface area (Å²) >= 11 is 6.10. The third-order valence-corrected chi connectivity index (χ3v) is 4.78. The average Bonchev–Trinajstić information content (AvgIpc) is 3.40. The fourth-order valence-corrected chi connectivity index (χ4v) is 3.42. The molecule has 1 amide bonds. The van der Waals surface area contributed by atoms with E-state index in [0.717, 1.165) is 16.8 Å². The lowest BCUT2D eigenvalue weighted by molar-refractivity contribution is 0.0387. The van der Waals surface area contributed by atoms with Crippen LogP contribution in [0.25, 0.3) is 0 Å². The van der Waals surface area contributed by atoms with Gasteiger partial charge in [-0.2, -0.15) is 0 Å². The van der Waals surface area contributed by atoms with Gasteiger partial charge in [0, 0.05) is 18.0 Å². The molecular weight excluding hydrogens is 376 g/mol. The van der Waals surface area contributed by atoms with E-state index >= 15 is 0 Å². The van der Waals surface area contributed by atoms with Crippen LogP contribution in [0.5, 0.6) is 0 Å². The first kappa shape index (κ1) is 18.3. The van der Waals surface area contributed by atoms with Gasteiger partial charge in [-0.05, 0) is 35.4 Å². The van der Waals surface area contributed by atoms with Gasteiger partial charge in [0.15, 0.2) is 11.9 Å². The highest BCUT2D eigenvalue weighted by atomic mass is 35.5. The Kier molecular flexibility index (Phi) is 5.44. The van der Waals surface area contributed by atoms with Crippen molar-refractivity contribution in [2.45, 2.75) is 19.1 Å². The highest BCUT2D eigenvalue weighted by Gasteiger charge is 2.28. The minimum absolute atomic E-state index is 0.193. The Hall–Kier alpha value is -3.05. The first-order valence-corrected chi connectivity index (χ1v) is 9.42. The number of hydrogen-bond acceptors (Lipinski definition) is 4. The number of rotatable bonds is 6. The van der Waals surface area contributed by atoms with Crippen LogP contribution in [-0.2, 0) is 11.4 Å². The van der Waals surface area contributed by atoms with Crippen LogP contribution in [0.1, 0.15) is 28.1 Å². The van der Waals surface area contributed by atoms with Gasteiger partial charge in [0.1, 0.15) is 0 Å². The molecule has 1 aromatic heterocycles. The van der Waals surface area contributed by atoms with Crippen LogP contribution in [-0.4, -0.2) is 29.2 Å². The molecule has 0 bridgehead atoms. The Morgan fingerprint density at radius 3 is 2.71 bits per heavy atom. The Bertz CT molecular complexity index is 970. The normalized spacial score (nSPS) is 15.8. The maximum Gasteiger partial charge on any atom is 0.289 e. The van der Waals surface area contributed by atoms with Gasteiger partial charge >= 0.3 is 0 Å². The van der Waals surface area contributed by atoms with Crippen molar-refractivity contribution >= 4 is 23.2 Å². The zero-order chi connectivity index (χ0) is 19.3. The molecule has 0 fully saturated rings. The SMILES string of the molecule is O=C(c1ccco1)N(Cc1cccc(Cl)c1)C[C@@H]1CC(c2ccccc2)=NO1. The molecule has 3 aromatic rings. The number of oxime groups is 1. The minimum atomic E-state index is -0.215. The van der Waals surface area contributed by atoms with Crippen molar-refractivity contribution in [3.05, 3.63) is 94.9 Å². The van der Waals surface area contributed by atoms with Gasteiger partial charge in [-0.25, -0.2) is 0 Å². The summed E-state index contributed by atoms with van der Waals surface area (Å²) in [6, 6.07) is 20.7. The highest BCUT2D eigenvalue weighted by molar-refractivity contribution is 6.30. The van der Waals surface area contributed by atoms with Crippen LogP contribution in [0, 0.1) is 0 Å². The standard InChI is InChI=1S/C22H19ClN2O3/c23-18-9-4-6-16(12-18)14-25(22(26)21-10-5-11-27-21)15-19-13-20(24-28-19)17-7-2-1-3-8-17/h1-12,19H,13-15H2/t19-/m0/s1. The minimum Gasteiger partial charge on any atom is -0.459 e. The van der Waals surface area contributed by atoms with Crippen LogP contribution in [0.2, 0.25) is 5.02 Å². The molecule has 0 aliphatic carbocycles. The Morgan fingerprint density at radius 1 is 1.11 bits per heavy atom. The second kappa shape index (κ2) is 8.31. The molecule has 0 spiro atoms. The van der Waals surface area contributed by atoms with Crippen LogP contribution in [0.3, 0.4) is 0 Å². The summed E-state index contributed by atoms with van der Waals surface area (Å²) in [5, 5.41) is 4.85. The molecule has 28 heavy (non-hydrogen) atoms. The predicted molar refractivity (Wildman–Crippen MR) is 107 cm³/mol. The molecule has 1 aliphatic heterocycles. The zero-order valence-corrected chi connectivity index (χ0v) is 15.9. The first-order chi connectivity index (χ1) is 13.7. The number of nitrogens with zero attached hydrogens (tertiary/aromatic N) is 2. The van der Waals surface area contributed by atoms with E-state index in [2.05, 4.69) is 5.16 Å². The summed E-state index contributed by atoms with van der Waals surface area (Å²) in [4.78, 5) is 20.3. The molecule has 0 N–H and O–H groups in total. The largest absolute Gasteiger partial charge is 0.459 e. The number of halogens is 1. The van der Waals surface area contributed by atoms with E-state index in [1.807, 2.05) is 54.6 Å². The van der Waals surface area contributed by atoms with Crippen molar-refractivity contribution in [2.75, 3.05) is 6.54 Å². The van der Waals surface area contributed by atoms with Gasteiger partial charge < -0.3 is 14.2 Å². The third-order valence-electron chi connectivity index (χ3n) is 4.55. The van der Waals surface area contributed by atoms with Crippen molar-refractivity contribution < 1.29 is 14.0 Å². The van der Waals surface area contributed by atoms with Crippen LogP contribution in [0.15, 0.2) is 82.6 Å². The van der Waals surface area contributed by atoms with Crippen LogP contribution in [0.4, 0.5) is 0 Å². The second-order valence-electron chi connectivity index (χ2n) is 6.63. The monoisotopic (exact) mass is 394 g/mol. The quantitative estimate of drug-likeness (QED) is 0.605. The van der Waals surface area contributed by atoms with E-state index in [-0.39, 0.29) is 12.0 Å². The molecule has 1 atom stereocenters. The van der Waals surface area contributed by atoms with E-state index in [1.165, 1.54) is 6.26 Å². The number of benzene rings is 2. The van der Waals surface area contributed by atoms with Crippen molar-refractivity contribution in [1.82, 2.24) is 4.90 Å². The molecular formula is C22H19ClN2O3. The first-order valence-electron chi connectivity index (χ1n) is 9.04. The summed E-state index contributed by atoms with van der Waals surface area (Å²) in [5.41, 5.74) is 2.86. The molecule has 4 rings (SSSR count). The van der Waals surface area contributed by atoms with Crippen molar-refractivity contribution in [3.8, 4) is 0 Å². The zero-order valence-electron chi connectivity index (χ0n) is 15.1. The lowest BCUT2D eigenvalue weighted by atomic mass is 10.0. The Morgan fingerprint density at radius 2 is 1.96 bits per heavy atom. The second-order valence-corrected chi connectivity index (χ2v) is 7.06. The van der Waals surface area contributed by atoms with E-state index < -0.39 is 0 Å². The number of carbonyl (C=O) groups is 1. The lowest BCUT2D eigenvalue weighted by Crippen LogP contribution is -2.37.